The summed E-state index contributed by atoms with van der Waals surface area (Å²) in [4.78, 5) is 11.2. The molecule has 0 radical (unpaired) electrons. The number of halogens is 4. The van der Waals surface area contributed by atoms with Gasteiger partial charge in [0.25, 0.3) is 0 Å². The molecule has 0 bridgehead atoms. The fraction of sp³-hybridized carbons (Fsp3) is 0.0714. The van der Waals surface area contributed by atoms with E-state index in [1.165, 1.54) is 0 Å². The summed E-state index contributed by atoms with van der Waals surface area (Å²) in [7, 11) is 0. The van der Waals surface area contributed by atoms with Gasteiger partial charge in [-0.15, -0.1) is 0 Å². The molecule has 0 saturated carbocycles. The lowest BCUT2D eigenvalue weighted by Crippen LogP contribution is -2.48. The highest BCUT2D eigenvalue weighted by Crippen LogP contribution is 2.33. The summed E-state index contributed by atoms with van der Waals surface area (Å²) in [6, 6.07) is 3.20. The van der Waals surface area contributed by atoms with Gasteiger partial charge in [-0.3, -0.25) is 0 Å². The van der Waals surface area contributed by atoms with Crippen molar-refractivity contribution in [2.24, 2.45) is 0 Å². The van der Waals surface area contributed by atoms with Gasteiger partial charge in [-0.05, 0) is 36.4 Å². The lowest BCUT2D eigenvalue weighted by molar-refractivity contribution is -0.323. The van der Waals surface area contributed by atoms with Crippen LogP contribution in [0, 0.1) is 23.3 Å². The van der Waals surface area contributed by atoms with Crippen LogP contribution in [-0.2, 0) is 10.4 Å². The number of hydrogen-bond acceptors (Lipinski definition) is 3. The van der Waals surface area contributed by atoms with Gasteiger partial charge < -0.3 is 15.0 Å². The third kappa shape index (κ3) is 2.47. The number of aliphatic hydroxyl groups is 1. The van der Waals surface area contributed by atoms with E-state index in [0.717, 1.165) is 0 Å². The molecule has 0 heterocycles. The van der Waals surface area contributed by atoms with E-state index < -0.39 is 46.0 Å². The van der Waals surface area contributed by atoms with E-state index >= 15 is 0 Å². The van der Waals surface area contributed by atoms with E-state index in [1.54, 1.807) is 0 Å². The second-order valence-corrected chi connectivity index (χ2v) is 4.25. The molecular formula is C14H7F4O3-. The fourth-order valence-electron chi connectivity index (χ4n) is 1.91. The third-order valence-corrected chi connectivity index (χ3v) is 2.93. The second kappa shape index (κ2) is 5.17. The Labute approximate surface area is 116 Å². The molecule has 2 aromatic carbocycles. The van der Waals surface area contributed by atoms with Gasteiger partial charge in [-0.25, -0.2) is 17.6 Å². The first kappa shape index (κ1) is 15.0. The monoisotopic (exact) mass is 299 g/mol. The van der Waals surface area contributed by atoms with Crippen LogP contribution < -0.4 is 5.11 Å². The third-order valence-electron chi connectivity index (χ3n) is 2.93. The van der Waals surface area contributed by atoms with E-state index in [0.29, 0.717) is 36.4 Å². The first-order valence-corrected chi connectivity index (χ1v) is 5.61. The minimum absolute atomic E-state index is 0.371. The van der Waals surface area contributed by atoms with Crippen LogP contribution in [0.1, 0.15) is 11.1 Å². The minimum Gasteiger partial charge on any atom is -0.546 e. The number of carboxylic acid groups (broad SMARTS) is 1. The molecule has 0 spiro atoms. The molecule has 2 aromatic rings. The van der Waals surface area contributed by atoms with Gasteiger partial charge >= 0.3 is 0 Å². The molecular weight excluding hydrogens is 292 g/mol. The highest BCUT2D eigenvalue weighted by atomic mass is 19.1. The molecule has 21 heavy (non-hydrogen) atoms. The van der Waals surface area contributed by atoms with Gasteiger partial charge in [0.2, 0.25) is 0 Å². The number of carboxylic acids is 1. The maximum Gasteiger partial charge on any atom is 0.160 e. The van der Waals surface area contributed by atoms with Crippen molar-refractivity contribution in [2.45, 2.75) is 5.60 Å². The zero-order valence-electron chi connectivity index (χ0n) is 10.2. The van der Waals surface area contributed by atoms with E-state index in [-0.39, 0.29) is 0 Å². The summed E-state index contributed by atoms with van der Waals surface area (Å²) in [6.45, 7) is 0. The summed E-state index contributed by atoms with van der Waals surface area (Å²) >= 11 is 0. The number of hydrogen-bond donors (Lipinski definition) is 1. The normalized spacial score (nSPS) is 11.5. The first-order valence-electron chi connectivity index (χ1n) is 5.61. The van der Waals surface area contributed by atoms with Crippen LogP contribution in [0.25, 0.3) is 0 Å². The van der Waals surface area contributed by atoms with Crippen LogP contribution >= 0.6 is 0 Å². The number of carbonyl (C=O) groups is 1. The molecule has 0 atom stereocenters. The van der Waals surface area contributed by atoms with Crippen LogP contribution in [0.5, 0.6) is 0 Å². The van der Waals surface area contributed by atoms with E-state index in [9.17, 15) is 32.6 Å². The zero-order valence-corrected chi connectivity index (χ0v) is 10.2. The lowest BCUT2D eigenvalue weighted by Gasteiger charge is -2.30. The van der Waals surface area contributed by atoms with E-state index in [2.05, 4.69) is 0 Å². The zero-order chi connectivity index (χ0) is 15.8. The number of carbonyl (C=O) groups excluding carboxylic acids is 1. The average Bonchev–Trinajstić information content (AvgIpc) is 2.43. The summed E-state index contributed by atoms with van der Waals surface area (Å²) in [5.41, 5.74) is -5.56. The Morgan fingerprint density at radius 2 is 1.29 bits per heavy atom. The molecule has 1 N–H and O–H groups in total. The van der Waals surface area contributed by atoms with Gasteiger partial charge in [0, 0.05) is 11.1 Å². The van der Waals surface area contributed by atoms with Crippen molar-refractivity contribution in [3.8, 4) is 0 Å². The average molecular weight is 299 g/mol. The van der Waals surface area contributed by atoms with Crippen molar-refractivity contribution in [1.29, 1.82) is 0 Å². The van der Waals surface area contributed by atoms with Crippen molar-refractivity contribution in [3.05, 3.63) is 70.8 Å². The van der Waals surface area contributed by atoms with Crippen LogP contribution in [-0.4, -0.2) is 11.1 Å². The second-order valence-electron chi connectivity index (χ2n) is 4.25. The van der Waals surface area contributed by atoms with Crippen LogP contribution in [0.15, 0.2) is 36.4 Å². The van der Waals surface area contributed by atoms with Crippen molar-refractivity contribution in [2.75, 3.05) is 0 Å². The van der Waals surface area contributed by atoms with Gasteiger partial charge in [0.15, 0.2) is 5.60 Å². The highest BCUT2D eigenvalue weighted by molar-refractivity contribution is 5.82. The van der Waals surface area contributed by atoms with Gasteiger partial charge in [0.05, 0.1) is 5.97 Å². The minimum atomic E-state index is -3.38. The molecule has 0 aliphatic rings. The summed E-state index contributed by atoms with van der Waals surface area (Å²) < 4.78 is 53.8. The quantitative estimate of drug-likeness (QED) is 0.867. The molecule has 0 fully saturated rings. The summed E-state index contributed by atoms with van der Waals surface area (Å²) in [5, 5.41) is 21.4. The lowest BCUT2D eigenvalue weighted by atomic mass is 9.85. The summed E-state index contributed by atoms with van der Waals surface area (Å²) in [6.07, 6.45) is 0. The smallest absolute Gasteiger partial charge is 0.160 e. The van der Waals surface area contributed by atoms with Crippen LogP contribution in [0.3, 0.4) is 0 Å². The topological polar surface area (TPSA) is 60.4 Å². The highest BCUT2D eigenvalue weighted by Gasteiger charge is 2.39. The Hall–Kier alpha value is -2.41. The summed E-state index contributed by atoms with van der Waals surface area (Å²) in [5.74, 6) is -7.08. The molecule has 0 aliphatic carbocycles. The Kier molecular flexibility index (Phi) is 3.69. The SMILES string of the molecule is O=C([O-])C(O)(c1cc(F)ccc1F)c1cc(F)ccc1F. The Morgan fingerprint density at radius 1 is 0.905 bits per heavy atom. The molecule has 0 aromatic heterocycles. The van der Waals surface area contributed by atoms with Crippen molar-refractivity contribution in [1.82, 2.24) is 0 Å². The van der Waals surface area contributed by atoms with Gasteiger partial charge in [0.1, 0.15) is 23.3 Å². The number of aliphatic carboxylic acids is 1. The molecule has 0 unspecified atom stereocenters. The predicted octanol–water partition coefficient (Wildman–Crippen LogP) is 1.23. The Balaban J connectivity index is 2.80. The molecule has 2 rings (SSSR count). The number of benzene rings is 2. The molecule has 0 aliphatic heterocycles. The van der Waals surface area contributed by atoms with E-state index in [4.69, 9.17) is 0 Å². The predicted molar refractivity (Wildman–Crippen MR) is 60.7 cm³/mol. The molecule has 0 saturated heterocycles. The molecule has 3 nitrogen and oxygen atoms in total. The van der Waals surface area contributed by atoms with Crippen molar-refractivity contribution < 1.29 is 32.6 Å². The van der Waals surface area contributed by atoms with Crippen LogP contribution in [0.4, 0.5) is 17.6 Å². The van der Waals surface area contributed by atoms with Gasteiger partial charge in [-0.2, -0.15) is 0 Å². The van der Waals surface area contributed by atoms with Crippen molar-refractivity contribution >= 4 is 5.97 Å². The molecule has 110 valence electrons. The Morgan fingerprint density at radius 3 is 1.62 bits per heavy atom. The van der Waals surface area contributed by atoms with Crippen LogP contribution in [0.2, 0.25) is 0 Å². The fourth-order valence-corrected chi connectivity index (χ4v) is 1.91. The maximum absolute atomic E-state index is 13.7. The largest absolute Gasteiger partial charge is 0.546 e. The van der Waals surface area contributed by atoms with Gasteiger partial charge in [-0.1, -0.05) is 0 Å². The maximum atomic E-state index is 13.7. The molecule has 7 heteroatoms. The van der Waals surface area contributed by atoms with E-state index in [1.807, 2.05) is 0 Å². The number of rotatable bonds is 3. The molecule has 0 amide bonds. The van der Waals surface area contributed by atoms with Crippen molar-refractivity contribution in [3.63, 3.8) is 0 Å². The Bertz CT molecular complexity index is 664. The first-order chi connectivity index (χ1) is 9.76. The standard InChI is InChI=1S/C14H8F4O3/c15-7-1-3-11(17)9(5-7)14(21,13(19)20)10-6-8(16)2-4-12(10)18/h1-6,21H,(H,19,20)/p-1.